The topological polar surface area (TPSA) is 49.3 Å². The lowest BCUT2D eigenvalue weighted by Crippen LogP contribution is -2.45. The number of aliphatic hydroxyl groups excluding tert-OH is 1. The Balaban J connectivity index is 2.80. The standard InChI is InChI=1S/C19H31NO2/c1-6-19(7-2,12-13-21)14-20-17(22)18(4,5)16-10-8-15(3)9-11-16/h8-11,21H,6-7,12-14H2,1-5H3,(H,20,22). The Bertz CT molecular complexity index is 473. The van der Waals surface area contributed by atoms with Gasteiger partial charge in [-0.15, -0.1) is 0 Å². The van der Waals surface area contributed by atoms with Crippen LogP contribution in [0.4, 0.5) is 0 Å². The molecule has 0 saturated heterocycles. The molecule has 1 aromatic rings. The van der Waals surface area contributed by atoms with Gasteiger partial charge in [0.25, 0.3) is 0 Å². The van der Waals surface area contributed by atoms with Gasteiger partial charge in [0, 0.05) is 13.2 Å². The van der Waals surface area contributed by atoms with Crippen molar-refractivity contribution in [2.45, 2.75) is 59.3 Å². The third-order valence-electron chi connectivity index (χ3n) is 5.11. The summed E-state index contributed by atoms with van der Waals surface area (Å²) in [4.78, 5) is 12.7. The van der Waals surface area contributed by atoms with Gasteiger partial charge in [0.1, 0.15) is 0 Å². The van der Waals surface area contributed by atoms with Crippen LogP contribution in [0.5, 0.6) is 0 Å². The van der Waals surface area contributed by atoms with Gasteiger partial charge in [-0.05, 0) is 51.0 Å². The highest BCUT2D eigenvalue weighted by Gasteiger charge is 2.32. The molecular formula is C19H31NO2. The summed E-state index contributed by atoms with van der Waals surface area (Å²) >= 11 is 0. The molecule has 124 valence electrons. The summed E-state index contributed by atoms with van der Waals surface area (Å²) in [6.07, 6.45) is 2.63. The Kier molecular flexibility index (Phi) is 6.61. The molecule has 1 aromatic carbocycles. The summed E-state index contributed by atoms with van der Waals surface area (Å²) in [7, 11) is 0. The molecule has 0 radical (unpaired) electrons. The van der Waals surface area contributed by atoms with Crippen molar-refractivity contribution in [3.8, 4) is 0 Å². The lowest BCUT2D eigenvalue weighted by molar-refractivity contribution is -0.126. The number of hydrogen-bond acceptors (Lipinski definition) is 2. The lowest BCUT2D eigenvalue weighted by atomic mass is 9.78. The van der Waals surface area contributed by atoms with E-state index in [9.17, 15) is 9.90 Å². The zero-order valence-corrected chi connectivity index (χ0v) is 14.7. The van der Waals surface area contributed by atoms with Gasteiger partial charge in [0.15, 0.2) is 0 Å². The normalized spacial score (nSPS) is 12.3. The number of nitrogens with one attached hydrogen (secondary N) is 1. The van der Waals surface area contributed by atoms with Crippen molar-refractivity contribution >= 4 is 5.91 Å². The van der Waals surface area contributed by atoms with Crippen molar-refractivity contribution in [3.63, 3.8) is 0 Å². The monoisotopic (exact) mass is 305 g/mol. The van der Waals surface area contributed by atoms with Crippen LogP contribution < -0.4 is 5.32 Å². The van der Waals surface area contributed by atoms with E-state index in [0.717, 1.165) is 24.8 Å². The summed E-state index contributed by atoms with van der Waals surface area (Å²) in [5.74, 6) is 0.0422. The molecule has 3 nitrogen and oxygen atoms in total. The van der Waals surface area contributed by atoms with E-state index in [-0.39, 0.29) is 17.9 Å². The fourth-order valence-corrected chi connectivity index (χ4v) is 2.77. The summed E-state index contributed by atoms with van der Waals surface area (Å²) in [5, 5.41) is 12.4. The third kappa shape index (κ3) is 4.33. The van der Waals surface area contributed by atoms with Gasteiger partial charge < -0.3 is 10.4 Å². The zero-order valence-electron chi connectivity index (χ0n) is 14.7. The van der Waals surface area contributed by atoms with Crippen molar-refractivity contribution in [1.29, 1.82) is 0 Å². The van der Waals surface area contributed by atoms with Crippen molar-refractivity contribution in [2.75, 3.05) is 13.2 Å². The van der Waals surface area contributed by atoms with Crippen LogP contribution in [0.25, 0.3) is 0 Å². The van der Waals surface area contributed by atoms with E-state index in [1.54, 1.807) is 0 Å². The fraction of sp³-hybridized carbons (Fsp3) is 0.632. The maximum absolute atomic E-state index is 12.7. The number of amides is 1. The van der Waals surface area contributed by atoms with Crippen molar-refractivity contribution in [3.05, 3.63) is 35.4 Å². The first-order valence-corrected chi connectivity index (χ1v) is 8.27. The van der Waals surface area contributed by atoms with Gasteiger partial charge in [0.05, 0.1) is 5.41 Å². The molecular weight excluding hydrogens is 274 g/mol. The molecule has 0 atom stereocenters. The summed E-state index contributed by atoms with van der Waals surface area (Å²) in [6.45, 7) is 11.0. The molecule has 0 aliphatic carbocycles. The van der Waals surface area contributed by atoms with Gasteiger partial charge >= 0.3 is 0 Å². The van der Waals surface area contributed by atoms with E-state index in [4.69, 9.17) is 0 Å². The molecule has 3 heteroatoms. The van der Waals surface area contributed by atoms with Crippen LogP contribution in [0.3, 0.4) is 0 Å². The second kappa shape index (κ2) is 7.77. The van der Waals surface area contributed by atoms with Gasteiger partial charge in [-0.3, -0.25) is 4.79 Å². The van der Waals surface area contributed by atoms with E-state index in [1.807, 2.05) is 45.0 Å². The largest absolute Gasteiger partial charge is 0.396 e. The second-order valence-corrected chi connectivity index (χ2v) is 6.85. The molecule has 0 bridgehead atoms. The molecule has 2 N–H and O–H groups in total. The molecule has 0 unspecified atom stereocenters. The summed E-state index contributed by atoms with van der Waals surface area (Å²) in [5.41, 5.74) is 1.66. The molecule has 0 spiro atoms. The lowest BCUT2D eigenvalue weighted by Gasteiger charge is -2.33. The Hall–Kier alpha value is -1.35. The van der Waals surface area contributed by atoms with E-state index < -0.39 is 5.41 Å². The number of carbonyl (C=O) groups is 1. The highest BCUT2D eigenvalue weighted by atomic mass is 16.3. The minimum atomic E-state index is -0.555. The average molecular weight is 305 g/mol. The second-order valence-electron chi connectivity index (χ2n) is 6.85. The molecule has 0 aromatic heterocycles. The van der Waals surface area contributed by atoms with Crippen LogP contribution in [0.15, 0.2) is 24.3 Å². The van der Waals surface area contributed by atoms with Gasteiger partial charge in [0.2, 0.25) is 5.91 Å². The minimum absolute atomic E-state index is 0.00618. The van der Waals surface area contributed by atoms with Crippen LogP contribution in [-0.4, -0.2) is 24.2 Å². The number of carbonyl (C=O) groups excluding carboxylic acids is 1. The Morgan fingerprint density at radius 2 is 1.68 bits per heavy atom. The van der Waals surface area contributed by atoms with Crippen molar-refractivity contribution in [1.82, 2.24) is 5.32 Å². The predicted molar refractivity (Wildman–Crippen MR) is 91.9 cm³/mol. The number of rotatable bonds is 8. The van der Waals surface area contributed by atoms with Gasteiger partial charge in [-0.25, -0.2) is 0 Å². The summed E-state index contributed by atoms with van der Waals surface area (Å²) in [6, 6.07) is 8.13. The molecule has 0 aliphatic rings. The van der Waals surface area contributed by atoms with Crippen LogP contribution in [0.2, 0.25) is 0 Å². The SMILES string of the molecule is CCC(CC)(CCO)CNC(=O)C(C)(C)c1ccc(C)cc1. The molecule has 0 fully saturated rings. The Labute approximate surface area is 135 Å². The van der Waals surface area contributed by atoms with E-state index >= 15 is 0 Å². The third-order valence-corrected chi connectivity index (χ3v) is 5.11. The van der Waals surface area contributed by atoms with Gasteiger partial charge in [-0.2, -0.15) is 0 Å². The number of aliphatic hydroxyl groups is 1. The first-order chi connectivity index (χ1) is 10.3. The van der Waals surface area contributed by atoms with Crippen LogP contribution in [0.1, 0.15) is 58.1 Å². The first-order valence-electron chi connectivity index (χ1n) is 8.27. The van der Waals surface area contributed by atoms with Crippen LogP contribution in [0, 0.1) is 12.3 Å². The zero-order chi connectivity index (χ0) is 16.8. The van der Waals surface area contributed by atoms with Crippen molar-refractivity contribution < 1.29 is 9.90 Å². The smallest absolute Gasteiger partial charge is 0.230 e. The Morgan fingerprint density at radius 1 is 1.14 bits per heavy atom. The molecule has 1 amide bonds. The average Bonchev–Trinajstić information content (AvgIpc) is 2.51. The number of benzene rings is 1. The quantitative estimate of drug-likeness (QED) is 0.771. The van der Waals surface area contributed by atoms with Crippen LogP contribution >= 0.6 is 0 Å². The summed E-state index contributed by atoms with van der Waals surface area (Å²) < 4.78 is 0. The van der Waals surface area contributed by atoms with E-state index in [2.05, 4.69) is 19.2 Å². The number of hydrogen-bond donors (Lipinski definition) is 2. The minimum Gasteiger partial charge on any atom is -0.396 e. The highest BCUT2D eigenvalue weighted by Crippen LogP contribution is 2.30. The highest BCUT2D eigenvalue weighted by molar-refractivity contribution is 5.87. The van der Waals surface area contributed by atoms with Gasteiger partial charge in [-0.1, -0.05) is 43.7 Å². The predicted octanol–water partition coefficient (Wildman–Crippen LogP) is 3.58. The maximum atomic E-state index is 12.7. The molecule has 22 heavy (non-hydrogen) atoms. The van der Waals surface area contributed by atoms with E-state index in [1.165, 1.54) is 5.56 Å². The Morgan fingerprint density at radius 3 is 2.14 bits per heavy atom. The number of aryl methyl sites for hydroxylation is 1. The molecule has 0 heterocycles. The fourth-order valence-electron chi connectivity index (χ4n) is 2.77. The first kappa shape index (κ1) is 18.7. The van der Waals surface area contributed by atoms with Crippen molar-refractivity contribution in [2.24, 2.45) is 5.41 Å². The maximum Gasteiger partial charge on any atom is 0.230 e. The molecule has 0 aliphatic heterocycles. The molecule has 1 rings (SSSR count). The van der Waals surface area contributed by atoms with Crippen LogP contribution in [-0.2, 0) is 10.2 Å². The molecule has 0 saturated carbocycles. The van der Waals surface area contributed by atoms with E-state index in [0.29, 0.717) is 6.54 Å².